The van der Waals surface area contributed by atoms with E-state index in [1.165, 1.54) is 0 Å². The van der Waals surface area contributed by atoms with Gasteiger partial charge in [0.05, 0.1) is 24.0 Å². The highest BCUT2D eigenvalue weighted by atomic mass is 35.5. The summed E-state index contributed by atoms with van der Waals surface area (Å²) in [7, 11) is 1.68. The van der Waals surface area contributed by atoms with E-state index in [-0.39, 0.29) is 0 Å². The molecule has 2 rings (SSSR count). The average molecular weight is 281 g/mol. The Hall–Kier alpha value is -1.22. The van der Waals surface area contributed by atoms with Crippen molar-refractivity contribution in [3.8, 4) is 5.75 Å². The molecule has 0 saturated carbocycles. The van der Waals surface area contributed by atoms with E-state index in [1.54, 1.807) is 7.11 Å². The van der Waals surface area contributed by atoms with E-state index in [9.17, 15) is 0 Å². The van der Waals surface area contributed by atoms with Crippen LogP contribution >= 0.6 is 11.6 Å². The molecular weight excluding hydrogens is 260 g/mol. The van der Waals surface area contributed by atoms with E-state index in [1.807, 2.05) is 18.2 Å². The standard InChI is InChI=1S/C15H21ClN2O/c1-10(2)7-11(3)18-14-8-12(19-4)5-6-13(14)17-15(18)9-16/h5-6,8,10-11H,7,9H2,1-4H3. The molecule has 2 aromatic rings. The number of ether oxygens (including phenoxy) is 1. The van der Waals surface area contributed by atoms with E-state index < -0.39 is 0 Å². The second-order valence-electron chi connectivity index (χ2n) is 5.36. The number of rotatable bonds is 5. The summed E-state index contributed by atoms with van der Waals surface area (Å²) in [6.45, 7) is 6.68. The highest BCUT2D eigenvalue weighted by Crippen LogP contribution is 2.28. The number of methoxy groups -OCH3 is 1. The van der Waals surface area contributed by atoms with Gasteiger partial charge in [0.2, 0.25) is 0 Å². The number of alkyl halides is 1. The van der Waals surface area contributed by atoms with Crippen molar-refractivity contribution in [2.75, 3.05) is 7.11 Å². The van der Waals surface area contributed by atoms with Gasteiger partial charge in [-0.05, 0) is 31.4 Å². The van der Waals surface area contributed by atoms with Gasteiger partial charge in [-0.2, -0.15) is 0 Å². The minimum Gasteiger partial charge on any atom is -0.497 e. The molecule has 0 amide bonds. The van der Waals surface area contributed by atoms with Crippen LogP contribution in [0.4, 0.5) is 0 Å². The monoisotopic (exact) mass is 280 g/mol. The Morgan fingerprint density at radius 1 is 1.32 bits per heavy atom. The predicted octanol–water partition coefficient (Wildman–Crippen LogP) is 4.39. The molecule has 4 heteroatoms. The summed E-state index contributed by atoms with van der Waals surface area (Å²) in [5, 5.41) is 0. The number of nitrogens with zero attached hydrogens (tertiary/aromatic N) is 2. The van der Waals surface area contributed by atoms with Gasteiger partial charge in [0.1, 0.15) is 11.6 Å². The lowest BCUT2D eigenvalue weighted by Gasteiger charge is -2.19. The average Bonchev–Trinajstić information content (AvgIpc) is 2.74. The molecule has 1 unspecified atom stereocenters. The molecule has 0 radical (unpaired) electrons. The molecule has 1 aromatic heterocycles. The summed E-state index contributed by atoms with van der Waals surface area (Å²) in [5.41, 5.74) is 2.08. The van der Waals surface area contributed by atoms with E-state index in [2.05, 4.69) is 30.3 Å². The Balaban J connectivity index is 2.54. The second-order valence-corrected chi connectivity index (χ2v) is 5.63. The zero-order valence-corrected chi connectivity index (χ0v) is 12.7. The maximum Gasteiger partial charge on any atom is 0.125 e. The number of hydrogen-bond donors (Lipinski definition) is 0. The molecule has 0 bridgehead atoms. The molecule has 0 saturated heterocycles. The van der Waals surface area contributed by atoms with Crippen LogP contribution < -0.4 is 4.74 Å². The third-order valence-electron chi connectivity index (χ3n) is 3.34. The first-order valence-corrected chi connectivity index (χ1v) is 7.21. The predicted molar refractivity (Wildman–Crippen MR) is 80.0 cm³/mol. The molecule has 3 nitrogen and oxygen atoms in total. The number of halogens is 1. The number of fused-ring (bicyclic) bond motifs is 1. The highest BCUT2D eigenvalue weighted by molar-refractivity contribution is 6.16. The minimum atomic E-state index is 0.380. The Morgan fingerprint density at radius 2 is 2.05 bits per heavy atom. The molecule has 0 aliphatic carbocycles. The van der Waals surface area contributed by atoms with E-state index in [0.717, 1.165) is 29.0 Å². The first kappa shape index (κ1) is 14.2. The van der Waals surface area contributed by atoms with Crippen LogP contribution in [0.25, 0.3) is 11.0 Å². The third-order valence-corrected chi connectivity index (χ3v) is 3.58. The van der Waals surface area contributed by atoms with Crippen LogP contribution in [0.3, 0.4) is 0 Å². The van der Waals surface area contributed by atoms with Crippen LogP contribution in [0.5, 0.6) is 5.75 Å². The van der Waals surface area contributed by atoms with E-state index in [4.69, 9.17) is 16.3 Å². The normalized spacial score (nSPS) is 13.2. The maximum absolute atomic E-state index is 6.04. The number of imidazole rings is 1. The van der Waals surface area contributed by atoms with Crippen LogP contribution in [-0.2, 0) is 5.88 Å². The molecular formula is C15H21ClN2O. The van der Waals surface area contributed by atoms with Crippen molar-refractivity contribution in [2.45, 2.75) is 39.1 Å². The summed E-state index contributed by atoms with van der Waals surface area (Å²) >= 11 is 6.04. The van der Waals surface area contributed by atoms with Crippen molar-refractivity contribution in [2.24, 2.45) is 5.92 Å². The first-order chi connectivity index (χ1) is 9.06. The minimum absolute atomic E-state index is 0.380. The van der Waals surface area contributed by atoms with Crippen LogP contribution in [0, 0.1) is 5.92 Å². The van der Waals surface area contributed by atoms with Crippen molar-refractivity contribution in [1.82, 2.24) is 9.55 Å². The zero-order valence-electron chi connectivity index (χ0n) is 12.0. The van der Waals surface area contributed by atoms with Crippen molar-refractivity contribution in [3.05, 3.63) is 24.0 Å². The van der Waals surface area contributed by atoms with Crippen LogP contribution in [0.1, 0.15) is 39.1 Å². The Labute approximate surface area is 119 Å². The van der Waals surface area contributed by atoms with Crippen molar-refractivity contribution < 1.29 is 4.74 Å². The highest BCUT2D eigenvalue weighted by Gasteiger charge is 2.16. The third kappa shape index (κ3) is 2.86. The van der Waals surface area contributed by atoms with Gasteiger partial charge in [0, 0.05) is 12.1 Å². The Bertz CT molecular complexity index is 563. The van der Waals surface area contributed by atoms with Gasteiger partial charge < -0.3 is 9.30 Å². The molecule has 1 atom stereocenters. The smallest absolute Gasteiger partial charge is 0.125 e. The van der Waals surface area contributed by atoms with Crippen LogP contribution in [0.2, 0.25) is 0 Å². The molecule has 104 valence electrons. The molecule has 0 aliphatic rings. The summed E-state index contributed by atoms with van der Waals surface area (Å²) < 4.78 is 7.55. The van der Waals surface area contributed by atoms with Gasteiger partial charge >= 0.3 is 0 Å². The molecule has 0 spiro atoms. The van der Waals surface area contributed by atoms with Crippen molar-refractivity contribution >= 4 is 22.6 Å². The number of hydrogen-bond acceptors (Lipinski definition) is 2. The molecule has 1 aromatic carbocycles. The molecule has 0 N–H and O–H groups in total. The fourth-order valence-electron chi connectivity index (χ4n) is 2.62. The van der Waals surface area contributed by atoms with Gasteiger partial charge in [0.15, 0.2) is 0 Å². The largest absolute Gasteiger partial charge is 0.497 e. The van der Waals surface area contributed by atoms with Crippen LogP contribution in [-0.4, -0.2) is 16.7 Å². The maximum atomic E-state index is 6.04. The van der Waals surface area contributed by atoms with Gasteiger partial charge in [-0.25, -0.2) is 4.98 Å². The molecule has 0 aliphatic heterocycles. The summed E-state index contributed by atoms with van der Waals surface area (Å²) in [6, 6.07) is 6.34. The van der Waals surface area contributed by atoms with E-state index in [0.29, 0.717) is 17.8 Å². The topological polar surface area (TPSA) is 27.1 Å². The van der Waals surface area contributed by atoms with Gasteiger partial charge in [0.25, 0.3) is 0 Å². The van der Waals surface area contributed by atoms with Crippen LogP contribution in [0.15, 0.2) is 18.2 Å². The van der Waals surface area contributed by atoms with Gasteiger partial charge in [-0.1, -0.05) is 13.8 Å². The van der Waals surface area contributed by atoms with Crippen molar-refractivity contribution in [1.29, 1.82) is 0 Å². The van der Waals surface area contributed by atoms with E-state index >= 15 is 0 Å². The van der Waals surface area contributed by atoms with Gasteiger partial charge in [-0.3, -0.25) is 0 Å². The second kappa shape index (κ2) is 5.83. The first-order valence-electron chi connectivity index (χ1n) is 6.67. The fourth-order valence-corrected chi connectivity index (χ4v) is 2.81. The molecule has 1 heterocycles. The Morgan fingerprint density at radius 3 is 2.63 bits per heavy atom. The SMILES string of the molecule is COc1ccc2nc(CCl)n(C(C)CC(C)C)c2c1. The summed E-state index contributed by atoms with van der Waals surface area (Å²) in [6.07, 6.45) is 1.10. The number of benzene rings is 1. The fraction of sp³-hybridized carbons (Fsp3) is 0.533. The summed E-state index contributed by atoms with van der Waals surface area (Å²) in [4.78, 5) is 4.61. The van der Waals surface area contributed by atoms with Crippen molar-refractivity contribution in [3.63, 3.8) is 0 Å². The lowest BCUT2D eigenvalue weighted by molar-refractivity contribution is 0.413. The number of aromatic nitrogens is 2. The summed E-state index contributed by atoms with van der Waals surface area (Å²) in [5.74, 6) is 2.85. The molecule has 0 fully saturated rings. The zero-order chi connectivity index (χ0) is 14.0. The molecule has 19 heavy (non-hydrogen) atoms. The van der Waals surface area contributed by atoms with Gasteiger partial charge in [-0.15, -0.1) is 11.6 Å². The quantitative estimate of drug-likeness (QED) is 0.760. The lowest BCUT2D eigenvalue weighted by atomic mass is 10.0. The lowest BCUT2D eigenvalue weighted by Crippen LogP contribution is -2.10. The Kier molecular flexibility index (Phi) is 4.35.